The fraction of sp³-hybridized carbons (Fsp3) is 0.417. The molecule has 0 spiro atoms. The van der Waals surface area contributed by atoms with Crippen LogP contribution in [0, 0.1) is 0 Å². The maximum atomic E-state index is 13.1. The number of para-hydroxylation sites is 1. The number of aromatic nitrogens is 4. The average molecular weight is 497 g/mol. The average Bonchev–Trinajstić information content (AvgIpc) is 3.53. The highest BCUT2D eigenvalue weighted by atomic mass is 32.2. The van der Waals surface area contributed by atoms with Crippen molar-refractivity contribution in [2.75, 3.05) is 31.9 Å². The van der Waals surface area contributed by atoms with Gasteiger partial charge in [0.15, 0.2) is 5.16 Å². The van der Waals surface area contributed by atoms with Crippen molar-refractivity contribution >= 4 is 45.7 Å². The van der Waals surface area contributed by atoms with Gasteiger partial charge in [0.2, 0.25) is 11.7 Å². The summed E-state index contributed by atoms with van der Waals surface area (Å²) in [5.74, 6) is 0.948. The molecule has 10 heteroatoms. The Bertz CT molecular complexity index is 1340. The van der Waals surface area contributed by atoms with Gasteiger partial charge in [-0.2, -0.15) is 0 Å². The number of thiophene rings is 1. The first kappa shape index (κ1) is 23.1. The third-order valence-corrected chi connectivity index (χ3v) is 8.00. The molecule has 1 aliphatic heterocycles. The largest absolute Gasteiger partial charge is 0.339 e. The van der Waals surface area contributed by atoms with Gasteiger partial charge in [-0.05, 0) is 30.0 Å². The fourth-order valence-electron chi connectivity index (χ4n) is 4.34. The van der Waals surface area contributed by atoms with Crippen LogP contribution >= 0.6 is 23.1 Å². The number of thioether (sulfide) groups is 1. The van der Waals surface area contributed by atoms with Crippen LogP contribution in [0.3, 0.4) is 0 Å². The van der Waals surface area contributed by atoms with Crippen molar-refractivity contribution in [1.82, 2.24) is 29.0 Å². The summed E-state index contributed by atoms with van der Waals surface area (Å²) in [6, 6.07) is 11.8. The van der Waals surface area contributed by atoms with E-state index in [2.05, 4.69) is 39.5 Å². The first-order valence-electron chi connectivity index (χ1n) is 11.7. The molecule has 0 radical (unpaired) electrons. The Balaban J connectivity index is 1.30. The normalized spacial score (nSPS) is 14.9. The topological polar surface area (TPSA) is 75.7 Å². The summed E-state index contributed by atoms with van der Waals surface area (Å²) in [6.45, 7) is 6.90. The molecule has 1 fully saturated rings. The Hall–Kier alpha value is -2.69. The van der Waals surface area contributed by atoms with E-state index in [-0.39, 0.29) is 11.5 Å². The zero-order valence-electron chi connectivity index (χ0n) is 19.2. The molecule has 8 nitrogen and oxygen atoms in total. The highest BCUT2D eigenvalue weighted by Gasteiger charge is 2.23. The standard InChI is InChI=1S/C24H28N6O2S2/c1-2-3-10-29-22(32)19-8-4-5-9-20(19)30-23(29)25-26-24(30)34-17-21(31)28-13-11-27(12-14-28)16-18-7-6-15-33-18/h4-9,15H,2-3,10-14,16-17H2,1H3. The maximum absolute atomic E-state index is 13.1. The molecule has 5 rings (SSSR count). The second kappa shape index (κ2) is 10.3. The summed E-state index contributed by atoms with van der Waals surface area (Å²) in [6.07, 6.45) is 1.87. The van der Waals surface area contributed by atoms with Gasteiger partial charge in [0, 0.05) is 44.1 Å². The number of unbranched alkanes of at least 4 members (excludes halogenated alkanes) is 1. The summed E-state index contributed by atoms with van der Waals surface area (Å²) in [7, 11) is 0. The molecule has 34 heavy (non-hydrogen) atoms. The van der Waals surface area contributed by atoms with Gasteiger partial charge in [-0.1, -0.05) is 43.3 Å². The molecular weight excluding hydrogens is 468 g/mol. The Morgan fingerprint density at radius 1 is 1.09 bits per heavy atom. The van der Waals surface area contributed by atoms with Gasteiger partial charge in [0.25, 0.3) is 5.56 Å². The number of benzene rings is 1. The molecule has 178 valence electrons. The molecule has 4 heterocycles. The third-order valence-electron chi connectivity index (χ3n) is 6.22. The van der Waals surface area contributed by atoms with Crippen molar-refractivity contribution in [2.24, 2.45) is 0 Å². The predicted molar refractivity (Wildman–Crippen MR) is 137 cm³/mol. The molecule has 0 unspecified atom stereocenters. The van der Waals surface area contributed by atoms with Gasteiger partial charge < -0.3 is 4.90 Å². The van der Waals surface area contributed by atoms with Crippen LogP contribution in [0.1, 0.15) is 24.6 Å². The Labute approximate surface area is 206 Å². The van der Waals surface area contributed by atoms with Gasteiger partial charge in [0.05, 0.1) is 16.7 Å². The lowest BCUT2D eigenvalue weighted by molar-refractivity contribution is -0.130. The number of rotatable bonds is 8. The first-order valence-corrected chi connectivity index (χ1v) is 13.5. The molecule has 0 bridgehead atoms. The SMILES string of the molecule is CCCCn1c(=O)c2ccccc2n2c(SCC(=O)N3CCN(Cc4cccs4)CC3)nnc12. The number of hydrogen-bond donors (Lipinski definition) is 0. The predicted octanol–water partition coefficient (Wildman–Crippen LogP) is 3.34. The first-order chi connectivity index (χ1) is 16.7. The van der Waals surface area contributed by atoms with E-state index in [9.17, 15) is 9.59 Å². The van der Waals surface area contributed by atoms with Gasteiger partial charge in [-0.3, -0.25) is 23.5 Å². The number of hydrogen-bond acceptors (Lipinski definition) is 7. The molecule has 0 atom stereocenters. The second-order valence-electron chi connectivity index (χ2n) is 8.47. The van der Waals surface area contributed by atoms with Crippen LogP contribution < -0.4 is 5.56 Å². The van der Waals surface area contributed by atoms with Crippen molar-refractivity contribution in [3.05, 3.63) is 57.0 Å². The molecule has 1 aromatic carbocycles. The van der Waals surface area contributed by atoms with Crippen molar-refractivity contribution in [2.45, 2.75) is 38.0 Å². The number of piperazine rings is 1. The Kier molecular flexibility index (Phi) is 6.98. The van der Waals surface area contributed by atoms with Crippen LogP contribution in [0.5, 0.6) is 0 Å². The maximum Gasteiger partial charge on any atom is 0.262 e. The van der Waals surface area contributed by atoms with Crippen molar-refractivity contribution in [3.63, 3.8) is 0 Å². The lowest BCUT2D eigenvalue weighted by Crippen LogP contribution is -2.48. The van der Waals surface area contributed by atoms with Crippen LogP contribution in [0.15, 0.2) is 51.7 Å². The number of fused-ring (bicyclic) bond motifs is 3. The number of aryl methyl sites for hydroxylation is 1. The molecular formula is C24H28N6O2S2. The molecule has 0 aliphatic carbocycles. The van der Waals surface area contributed by atoms with E-state index in [4.69, 9.17) is 0 Å². The zero-order valence-corrected chi connectivity index (χ0v) is 20.9. The zero-order chi connectivity index (χ0) is 23.5. The minimum absolute atomic E-state index is 0.0444. The summed E-state index contributed by atoms with van der Waals surface area (Å²) in [5.41, 5.74) is 0.731. The van der Waals surface area contributed by atoms with E-state index < -0.39 is 0 Å². The Morgan fingerprint density at radius 2 is 1.91 bits per heavy atom. The lowest BCUT2D eigenvalue weighted by Gasteiger charge is -2.34. The van der Waals surface area contributed by atoms with Crippen LogP contribution in [0.4, 0.5) is 0 Å². The van der Waals surface area contributed by atoms with Crippen LogP contribution in [0.25, 0.3) is 16.7 Å². The molecule has 1 aliphatic rings. The number of nitrogens with zero attached hydrogens (tertiary/aromatic N) is 6. The summed E-state index contributed by atoms with van der Waals surface area (Å²) < 4.78 is 3.63. The molecule has 3 aromatic heterocycles. The van der Waals surface area contributed by atoms with Crippen LogP contribution in [0.2, 0.25) is 0 Å². The van der Waals surface area contributed by atoms with Crippen molar-refractivity contribution < 1.29 is 4.79 Å². The van der Waals surface area contributed by atoms with E-state index in [1.54, 1.807) is 15.9 Å². The fourth-order valence-corrected chi connectivity index (χ4v) is 5.93. The minimum atomic E-state index is -0.0444. The van der Waals surface area contributed by atoms with E-state index >= 15 is 0 Å². The van der Waals surface area contributed by atoms with Gasteiger partial charge >= 0.3 is 0 Å². The molecule has 1 saturated heterocycles. The van der Waals surface area contributed by atoms with E-state index in [1.807, 2.05) is 33.6 Å². The van der Waals surface area contributed by atoms with E-state index in [1.165, 1.54) is 16.6 Å². The second-order valence-corrected chi connectivity index (χ2v) is 10.4. The van der Waals surface area contributed by atoms with Gasteiger partial charge in [0.1, 0.15) is 0 Å². The Morgan fingerprint density at radius 3 is 2.68 bits per heavy atom. The molecule has 1 amide bonds. The highest BCUT2D eigenvalue weighted by molar-refractivity contribution is 7.99. The number of carbonyl (C=O) groups excluding carboxylic acids is 1. The minimum Gasteiger partial charge on any atom is -0.339 e. The summed E-state index contributed by atoms with van der Waals surface area (Å²) >= 11 is 3.16. The van der Waals surface area contributed by atoms with Gasteiger partial charge in [-0.15, -0.1) is 21.5 Å². The molecule has 4 aromatic rings. The number of carbonyl (C=O) groups is 1. The smallest absolute Gasteiger partial charge is 0.262 e. The number of amides is 1. The van der Waals surface area contributed by atoms with Gasteiger partial charge in [-0.25, -0.2) is 0 Å². The monoisotopic (exact) mass is 496 g/mol. The van der Waals surface area contributed by atoms with Crippen molar-refractivity contribution in [1.29, 1.82) is 0 Å². The third kappa shape index (κ3) is 4.62. The lowest BCUT2D eigenvalue weighted by atomic mass is 10.2. The van der Waals surface area contributed by atoms with Crippen molar-refractivity contribution in [3.8, 4) is 0 Å². The quantitative estimate of drug-likeness (QED) is 0.348. The van der Waals surface area contributed by atoms with E-state index in [0.29, 0.717) is 28.6 Å². The molecule has 0 saturated carbocycles. The van der Waals surface area contributed by atoms with Crippen LogP contribution in [-0.2, 0) is 17.9 Å². The summed E-state index contributed by atoms with van der Waals surface area (Å²) in [5, 5.41) is 12.1. The van der Waals surface area contributed by atoms with E-state index in [0.717, 1.165) is 51.1 Å². The highest BCUT2D eigenvalue weighted by Crippen LogP contribution is 2.22. The molecule has 0 N–H and O–H groups in total. The van der Waals surface area contributed by atoms with Crippen LogP contribution in [-0.4, -0.2) is 66.8 Å². The summed E-state index contributed by atoms with van der Waals surface area (Å²) in [4.78, 5) is 31.7.